The molecule has 88 valence electrons. The lowest BCUT2D eigenvalue weighted by molar-refractivity contribution is 0.857. The second-order valence-corrected chi connectivity index (χ2v) is 4.49. The molecule has 0 unspecified atom stereocenters. The Morgan fingerprint density at radius 2 is 2.00 bits per heavy atom. The molecule has 2 aromatic rings. The van der Waals surface area contributed by atoms with Crippen molar-refractivity contribution in [3.05, 3.63) is 55.8 Å². The summed E-state index contributed by atoms with van der Waals surface area (Å²) in [4.78, 5) is 26.7. The molecule has 0 bridgehead atoms. The van der Waals surface area contributed by atoms with Gasteiger partial charge in [-0.25, -0.2) is 9.36 Å². The number of rotatable bonds is 1. The van der Waals surface area contributed by atoms with Gasteiger partial charge in [-0.3, -0.25) is 4.79 Å². The Morgan fingerprint density at radius 3 is 2.59 bits per heavy atom. The van der Waals surface area contributed by atoms with E-state index in [1.54, 1.807) is 25.1 Å². The van der Waals surface area contributed by atoms with Crippen LogP contribution in [0.25, 0.3) is 5.69 Å². The van der Waals surface area contributed by atoms with Gasteiger partial charge in [-0.05, 0) is 25.1 Å². The zero-order valence-corrected chi connectivity index (χ0v) is 10.5. The van der Waals surface area contributed by atoms with Crippen LogP contribution >= 0.6 is 24.2 Å². The monoisotopic (exact) mass is 268 g/mol. The molecule has 0 fully saturated rings. The molecular weight excluding hydrogens is 260 g/mol. The van der Waals surface area contributed by atoms with E-state index in [1.807, 2.05) is 0 Å². The summed E-state index contributed by atoms with van der Waals surface area (Å²) in [6, 6.07) is 6.16. The molecule has 17 heavy (non-hydrogen) atoms. The Balaban J connectivity index is 2.78. The molecule has 6 heteroatoms. The standard InChI is InChI=1S/C11H9ClN2O2S/c1-6-4-10(15)14(11(16)13-6)9-3-2-7(17)5-8(9)12/h2-5,17H,1H3,(H,13,16). The number of hydrogen-bond acceptors (Lipinski definition) is 3. The predicted molar refractivity (Wildman–Crippen MR) is 69.7 cm³/mol. The third-order valence-corrected chi connectivity index (χ3v) is 2.82. The first-order valence-corrected chi connectivity index (χ1v) is 5.63. The highest BCUT2D eigenvalue weighted by molar-refractivity contribution is 7.80. The highest BCUT2D eigenvalue weighted by Crippen LogP contribution is 2.21. The minimum absolute atomic E-state index is 0.300. The zero-order chi connectivity index (χ0) is 12.6. The van der Waals surface area contributed by atoms with Gasteiger partial charge in [-0.15, -0.1) is 12.6 Å². The van der Waals surface area contributed by atoms with Crippen LogP contribution < -0.4 is 11.2 Å². The van der Waals surface area contributed by atoms with Gasteiger partial charge in [-0.2, -0.15) is 0 Å². The molecule has 2 rings (SSSR count). The van der Waals surface area contributed by atoms with Crippen molar-refractivity contribution in [1.29, 1.82) is 0 Å². The number of hydrogen-bond donors (Lipinski definition) is 2. The molecule has 4 nitrogen and oxygen atoms in total. The number of halogens is 1. The van der Waals surface area contributed by atoms with Crippen molar-refractivity contribution in [2.45, 2.75) is 11.8 Å². The lowest BCUT2D eigenvalue weighted by Crippen LogP contribution is -2.33. The van der Waals surface area contributed by atoms with E-state index in [0.29, 0.717) is 21.3 Å². The number of H-pyrrole nitrogens is 1. The van der Waals surface area contributed by atoms with Gasteiger partial charge in [0, 0.05) is 16.7 Å². The van der Waals surface area contributed by atoms with Crippen LogP contribution in [0, 0.1) is 6.92 Å². The van der Waals surface area contributed by atoms with E-state index in [0.717, 1.165) is 4.57 Å². The van der Waals surface area contributed by atoms with E-state index < -0.39 is 11.2 Å². The van der Waals surface area contributed by atoms with Crippen LogP contribution in [-0.4, -0.2) is 9.55 Å². The van der Waals surface area contributed by atoms with E-state index in [9.17, 15) is 9.59 Å². The maximum atomic E-state index is 11.8. The summed E-state index contributed by atoms with van der Waals surface area (Å²) in [7, 11) is 0. The summed E-state index contributed by atoms with van der Waals surface area (Å²) in [5.74, 6) is 0. The van der Waals surface area contributed by atoms with E-state index in [-0.39, 0.29) is 0 Å². The molecule has 0 aliphatic heterocycles. The predicted octanol–water partition coefficient (Wildman–Crippen LogP) is 1.78. The molecule has 0 aliphatic carbocycles. The highest BCUT2D eigenvalue weighted by Gasteiger charge is 2.09. The normalized spacial score (nSPS) is 10.5. The summed E-state index contributed by atoms with van der Waals surface area (Å²) in [5.41, 5.74) is -0.0715. The van der Waals surface area contributed by atoms with Crippen LogP contribution in [0.1, 0.15) is 5.69 Å². The second-order valence-electron chi connectivity index (χ2n) is 3.57. The van der Waals surface area contributed by atoms with E-state index in [1.165, 1.54) is 6.07 Å². The first-order chi connectivity index (χ1) is 7.99. The van der Waals surface area contributed by atoms with Crippen molar-refractivity contribution < 1.29 is 0 Å². The first-order valence-electron chi connectivity index (χ1n) is 4.81. The quantitative estimate of drug-likeness (QED) is 0.775. The third kappa shape index (κ3) is 2.30. The van der Waals surface area contributed by atoms with Crippen LogP contribution in [0.5, 0.6) is 0 Å². The third-order valence-electron chi connectivity index (χ3n) is 2.24. The molecule has 0 spiro atoms. The number of aromatic amines is 1. The van der Waals surface area contributed by atoms with Crippen molar-refractivity contribution in [3.8, 4) is 5.69 Å². The molecule has 1 aromatic carbocycles. The van der Waals surface area contributed by atoms with Crippen LogP contribution in [0.15, 0.2) is 38.8 Å². The van der Waals surface area contributed by atoms with Crippen LogP contribution in [0.4, 0.5) is 0 Å². The van der Waals surface area contributed by atoms with Gasteiger partial charge in [0.05, 0.1) is 10.7 Å². The molecule has 0 saturated carbocycles. The largest absolute Gasteiger partial charge is 0.333 e. The zero-order valence-electron chi connectivity index (χ0n) is 8.90. The molecule has 1 heterocycles. The summed E-state index contributed by atoms with van der Waals surface area (Å²) in [6.07, 6.45) is 0. The topological polar surface area (TPSA) is 54.9 Å². The number of nitrogens with zero attached hydrogens (tertiary/aromatic N) is 1. The van der Waals surface area contributed by atoms with Crippen molar-refractivity contribution in [2.75, 3.05) is 0 Å². The van der Waals surface area contributed by atoms with Gasteiger partial charge in [0.15, 0.2) is 0 Å². The lowest BCUT2D eigenvalue weighted by Gasteiger charge is -2.07. The molecule has 0 atom stereocenters. The van der Waals surface area contributed by atoms with Crippen LogP contribution in [0.3, 0.4) is 0 Å². The van der Waals surface area contributed by atoms with Crippen LogP contribution in [-0.2, 0) is 0 Å². The van der Waals surface area contributed by atoms with E-state index in [2.05, 4.69) is 17.6 Å². The fraction of sp³-hybridized carbons (Fsp3) is 0.0909. The molecule has 0 saturated heterocycles. The van der Waals surface area contributed by atoms with Crippen LogP contribution in [0.2, 0.25) is 5.02 Å². The molecule has 0 radical (unpaired) electrons. The number of aryl methyl sites for hydroxylation is 1. The number of benzene rings is 1. The van der Waals surface area contributed by atoms with E-state index in [4.69, 9.17) is 11.6 Å². The number of aromatic nitrogens is 2. The summed E-state index contributed by atoms with van der Waals surface area (Å²) >= 11 is 10.1. The van der Waals surface area contributed by atoms with Gasteiger partial charge < -0.3 is 4.98 Å². The van der Waals surface area contributed by atoms with Crippen molar-refractivity contribution in [1.82, 2.24) is 9.55 Å². The molecular formula is C11H9ClN2O2S. The molecule has 0 aliphatic rings. The lowest BCUT2D eigenvalue weighted by atomic mass is 10.3. The van der Waals surface area contributed by atoms with Gasteiger partial charge in [0.2, 0.25) is 0 Å². The minimum Gasteiger partial charge on any atom is -0.311 e. The Morgan fingerprint density at radius 1 is 1.29 bits per heavy atom. The Kier molecular flexibility index (Phi) is 3.13. The first kappa shape index (κ1) is 12.0. The SMILES string of the molecule is Cc1cc(=O)n(-c2ccc(S)cc2Cl)c(=O)[nH]1. The Bertz CT molecular complexity index is 659. The maximum absolute atomic E-state index is 11.8. The minimum atomic E-state index is -0.510. The second kappa shape index (κ2) is 4.43. The van der Waals surface area contributed by atoms with Gasteiger partial charge in [0.25, 0.3) is 5.56 Å². The van der Waals surface area contributed by atoms with Gasteiger partial charge >= 0.3 is 5.69 Å². The molecule has 0 amide bonds. The number of nitrogens with one attached hydrogen (secondary N) is 1. The maximum Gasteiger partial charge on any atom is 0.333 e. The average molecular weight is 269 g/mol. The molecule has 1 aromatic heterocycles. The Hall–Kier alpha value is -1.46. The highest BCUT2D eigenvalue weighted by atomic mass is 35.5. The summed E-state index contributed by atoms with van der Waals surface area (Å²) in [6.45, 7) is 1.64. The Labute approximate surface area is 107 Å². The van der Waals surface area contributed by atoms with Gasteiger partial charge in [0.1, 0.15) is 0 Å². The van der Waals surface area contributed by atoms with Crippen molar-refractivity contribution in [2.24, 2.45) is 0 Å². The van der Waals surface area contributed by atoms with Crippen molar-refractivity contribution >= 4 is 24.2 Å². The average Bonchev–Trinajstić information content (AvgIpc) is 2.19. The fourth-order valence-electron chi connectivity index (χ4n) is 1.52. The van der Waals surface area contributed by atoms with E-state index >= 15 is 0 Å². The molecule has 1 N–H and O–H groups in total. The summed E-state index contributed by atoms with van der Waals surface area (Å²) < 4.78 is 0.989. The number of thiol groups is 1. The van der Waals surface area contributed by atoms with Crippen molar-refractivity contribution in [3.63, 3.8) is 0 Å². The smallest absolute Gasteiger partial charge is 0.311 e. The summed E-state index contributed by atoms with van der Waals surface area (Å²) in [5, 5.41) is 0.300. The fourth-order valence-corrected chi connectivity index (χ4v) is 2.06. The van der Waals surface area contributed by atoms with Gasteiger partial charge in [-0.1, -0.05) is 11.6 Å².